The van der Waals surface area contributed by atoms with Crippen molar-refractivity contribution in [1.29, 1.82) is 0 Å². The average Bonchev–Trinajstić information content (AvgIpc) is 2.48. The van der Waals surface area contributed by atoms with Gasteiger partial charge >= 0.3 is 0 Å². The van der Waals surface area contributed by atoms with Crippen molar-refractivity contribution in [3.8, 4) is 0 Å². The van der Waals surface area contributed by atoms with Crippen LogP contribution in [-0.4, -0.2) is 36.7 Å². The Bertz CT molecular complexity index is 398. The Labute approximate surface area is 129 Å². The highest BCUT2D eigenvalue weighted by Gasteiger charge is 2.31. The van der Waals surface area contributed by atoms with E-state index in [1.54, 1.807) is 0 Å². The van der Waals surface area contributed by atoms with E-state index >= 15 is 0 Å². The highest BCUT2D eigenvalue weighted by Crippen LogP contribution is 2.28. The van der Waals surface area contributed by atoms with E-state index in [-0.39, 0.29) is 17.0 Å². The summed E-state index contributed by atoms with van der Waals surface area (Å²) in [7, 11) is -3.16. The summed E-state index contributed by atoms with van der Waals surface area (Å²) in [5.41, 5.74) is 6.19. The molecular formula is C16H31NO3S. The summed E-state index contributed by atoms with van der Waals surface area (Å²) in [5.74, 6) is 0.365. The molecule has 21 heavy (non-hydrogen) atoms. The second kappa shape index (κ2) is 7.93. The van der Waals surface area contributed by atoms with Gasteiger partial charge < -0.3 is 10.8 Å². The SMILES string of the molecule is NC(CC(O)CS(=O)(=O)C1CCCCC1)C1CCCCC1. The van der Waals surface area contributed by atoms with Gasteiger partial charge in [0.25, 0.3) is 0 Å². The van der Waals surface area contributed by atoms with Crippen molar-refractivity contribution >= 4 is 9.84 Å². The quantitative estimate of drug-likeness (QED) is 0.788. The topological polar surface area (TPSA) is 80.4 Å². The van der Waals surface area contributed by atoms with Gasteiger partial charge in [0, 0.05) is 6.04 Å². The molecule has 124 valence electrons. The van der Waals surface area contributed by atoms with Crippen LogP contribution in [0.4, 0.5) is 0 Å². The number of hydrogen-bond donors (Lipinski definition) is 2. The number of rotatable bonds is 6. The molecule has 0 bridgehead atoms. The third-order valence-electron chi connectivity index (χ3n) is 5.28. The minimum Gasteiger partial charge on any atom is -0.392 e. The first-order valence-corrected chi connectivity index (χ1v) is 10.4. The fraction of sp³-hybridized carbons (Fsp3) is 1.00. The smallest absolute Gasteiger partial charge is 0.155 e. The molecule has 0 heterocycles. The predicted molar refractivity (Wildman–Crippen MR) is 85.8 cm³/mol. The molecule has 2 aliphatic rings. The summed E-state index contributed by atoms with van der Waals surface area (Å²) in [6.45, 7) is 0. The minimum absolute atomic E-state index is 0.0538. The molecule has 0 aromatic rings. The van der Waals surface area contributed by atoms with Crippen LogP contribution < -0.4 is 5.73 Å². The summed E-state index contributed by atoms with van der Waals surface area (Å²) in [6.07, 6.45) is 10.3. The number of hydrogen-bond acceptors (Lipinski definition) is 4. The zero-order chi connectivity index (χ0) is 15.3. The monoisotopic (exact) mass is 317 g/mol. The standard InChI is InChI=1S/C16H31NO3S/c17-16(13-7-3-1-4-8-13)11-14(18)12-21(19,20)15-9-5-2-6-10-15/h13-16,18H,1-12,17H2. The fourth-order valence-electron chi connectivity index (χ4n) is 3.97. The van der Waals surface area contributed by atoms with E-state index in [1.807, 2.05) is 0 Å². The van der Waals surface area contributed by atoms with Gasteiger partial charge in [0.2, 0.25) is 0 Å². The fourth-order valence-corrected chi connectivity index (χ4v) is 5.96. The molecule has 0 radical (unpaired) electrons. The van der Waals surface area contributed by atoms with Crippen LogP contribution in [0, 0.1) is 5.92 Å². The van der Waals surface area contributed by atoms with Crippen LogP contribution in [0.2, 0.25) is 0 Å². The molecule has 2 atom stereocenters. The van der Waals surface area contributed by atoms with Crippen LogP contribution in [-0.2, 0) is 9.84 Å². The maximum absolute atomic E-state index is 12.4. The van der Waals surface area contributed by atoms with Crippen molar-refractivity contribution in [3.63, 3.8) is 0 Å². The van der Waals surface area contributed by atoms with Gasteiger partial charge in [-0.2, -0.15) is 0 Å². The first kappa shape index (κ1) is 17.2. The summed E-state index contributed by atoms with van der Waals surface area (Å²) in [5, 5.41) is 9.93. The van der Waals surface area contributed by atoms with Crippen molar-refractivity contribution in [2.45, 2.75) is 88.0 Å². The van der Waals surface area contributed by atoms with E-state index in [2.05, 4.69) is 0 Å². The minimum atomic E-state index is -3.16. The van der Waals surface area contributed by atoms with Gasteiger partial charge in [-0.15, -0.1) is 0 Å². The Balaban J connectivity index is 1.80. The summed E-state index contributed by atoms with van der Waals surface area (Å²) in [4.78, 5) is 0. The normalized spacial score (nSPS) is 25.6. The van der Waals surface area contributed by atoms with Crippen molar-refractivity contribution in [3.05, 3.63) is 0 Å². The highest BCUT2D eigenvalue weighted by atomic mass is 32.2. The van der Waals surface area contributed by atoms with E-state index in [0.717, 1.165) is 44.9 Å². The third-order valence-corrected chi connectivity index (χ3v) is 7.62. The molecule has 2 rings (SSSR count). The van der Waals surface area contributed by atoms with E-state index in [4.69, 9.17) is 5.73 Å². The third kappa shape index (κ3) is 5.22. The zero-order valence-electron chi connectivity index (χ0n) is 13.0. The van der Waals surface area contributed by atoms with Crippen LogP contribution in [0.5, 0.6) is 0 Å². The molecule has 0 aromatic heterocycles. The van der Waals surface area contributed by atoms with Crippen molar-refractivity contribution in [2.24, 2.45) is 11.7 Å². The summed E-state index contributed by atoms with van der Waals surface area (Å²) in [6, 6.07) is -0.0538. The first-order valence-electron chi connectivity index (χ1n) is 8.64. The molecule has 0 spiro atoms. The Kier molecular flexibility index (Phi) is 6.51. The summed E-state index contributed by atoms with van der Waals surface area (Å²) < 4.78 is 24.7. The molecule has 0 aromatic carbocycles. The molecule has 2 aliphatic carbocycles. The van der Waals surface area contributed by atoms with E-state index in [9.17, 15) is 13.5 Å². The lowest BCUT2D eigenvalue weighted by Gasteiger charge is -2.29. The molecule has 2 unspecified atom stereocenters. The lowest BCUT2D eigenvalue weighted by atomic mass is 9.82. The number of aliphatic hydroxyl groups is 1. The Hall–Kier alpha value is -0.130. The predicted octanol–water partition coefficient (Wildman–Crippen LogP) is 2.39. The molecule has 2 fully saturated rings. The maximum Gasteiger partial charge on any atom is 0.155 e. The molecule has 0 saturated heterocycles. The van der Waals surface area contributed by atoms with Crippen molar-refractivity contribution < 1.29 is 13.5 Å². The number of aliphatic hydroxyl groups excluding tert-OH is 1. The van der Waals surface area contributed by atoms with Crippen LogP contribution in [0.25, 0.3) is 0 Å². The highest BCUT2D eigenvalue weighted by molar-refractivity contribution is 7.92. The molecule has 2 saturated carbocycles. The average molecular weight is 317 g/mol. The second-order valence-corrected chi connectivity index (χ2v) is 9.37. The Morgan fingerprint density at radius 3 is 2.05 bits per heavy atom. The number of nitrogens with two attached hydrogens (primary N) is 1. The van der Waals surface area contributed by atoms with Gasteiger partial charge in [-0.1, -0.05) is 38.5 Å². The van der Waals surface area contributed by atoms with Crippen LogP contribution in [0.3, 0.4) is 0 Å². The molecule has 0 amide bonds. The molecule has 4 nitrogen and oxygen atoms in total. The van der Waals surface area contributed by atoms with E-state index in [1.165, 1.54) is 19.3 Å². The Morgan fingerprint density at radius 2 is 1.48 bits per heavy atom. The number of sulfone groups is 1. The molecular weight excluding hydrogens is 286 g/mol. The Morgan fingerprint density at radius 1 is 0.952 bits per heavy atom. The second-order valence-electron chi connectivity index (χ2n) is 7.04. The lowest BCUT2D eigenvalue weighted by Crippen LogP contribution is -2.38. The van der Waals surface area contributed by atoms with Gasteiger partial charge in [0.05, 0.1) is 17.1 Å². The maximum atomic E-state index is 12.4. The van der Waals surface area contributed by atoms with Gasteiger partial charge in [-0.05, 0) is 38.0 Å². The molecule has 0 aliphatic heterocycles. The van der Waals surface area contributed by atoms with Crippen molar-refractivity contribution in [1.82, 2.24) is 0 Å². The lowest BCUT2D eigenvalue weighted by molar-refractivity contribution is 0.156. The van der Waals surface area contributed by atoms with Crippen LogP contribution in [0.15, 0.2) is 0 Å². The van der Waals surface area contributed by atoms with Crippen molar-refractivity contribution in [2.75, 3.05) is 5.75 Å². The molecule has 3 N–H and O–H groups in total. The van der Waals surface area contributed by atoms with Gasteiger partial charge in [-0.25, -0.2) is 8.42 Å². The van der Waals surface area contributed by atoms with Crippen LogP contribution >= 0.6 is 0 Å². The largest absolute Gasteiger partial charge is 0.392 e. The van der Waals surface area contributed by atoms with Crippen LogP contribution in [0.1, 0.15) is 70.6 Å². The van der Waals surface area contributed by atoms with E-state index in [0.29, 0.717) is 12.3 Å². The first-order chi connectivity index (χ1) is 9.99. The van der Waals surface area contributed by atoms with E-state index < -0.39 is 15.9 Å². The van der Waals surface area contributed by atoms with Gasteiger partial charge in [0.15, 0.2) is 9.84 Å². The van der Waals surface area contributed by atoms with Gasteiger partial charge in [-0.3, -0.25) is 0 Å². The zero-order valence-corrected chi connectivity index (χ0v) is 13.9. The summed E-state index contributed by atoms with van der Waals surface area (Å²) >= 11 is 0. The molecule has 5 heteroatoms. The van der Waals surface area contributed by atoms with Gasteiger partial charge in [0.1, 0.15) is 0 Å².